The van der Waals surface area contributed by atoms with Crippen molar-refractivity contribution in [2.45, 2.75) is 19.3 Å². The van der Waals surface area contributed by atoms with Crippen LogP contribution in [0.25, 0.3) is 0 Å². The van der Waals surface area contributed by atoms with Crippen LogP contribution in [0.15, 0.2) is 51.5 Å². The fourth-order valence-electron chi connectivity index (χ4n) is 2.40. The van der Waals surface area contributed by atoms with Gasteiger partial charge in [0, 0.05) is 11.6 Å². The van der Waals surface area contributed by atoms with Crippen molar-refractivity contribution in [1.82, 2.24) is 4.98 Å². The van der Waals surface area contributed by atoms with Gasteiger partial charge in [0.2, 0.25) is 0 Å². The third-order valence-electron chi connectivity index (χ3n) is 3.67. The number of nitrogens with zero attached hydrogens (tertiary/aromatic N) is 3. The zero-order valence-corrected chi connectivity index (χ0v) is 13.8. The number of hydrogen-bond donors (Lipinski definition) is 4. The Morgan fingerprint density at radius 2 is 2.08 bits per heavy atom. The molecular weight excluding hydrogens is 321 g/mol. The van der Waals surface area contributed by atoms with Crippen LogP contribution in [0.1, 0.15) is 30.7 Å². The van der Waals surface area contributed by atoms with Gasteiger partial charge in [0.25, 0.3) is 0 Å². The lowest BCUT2D eigenvalue weighted by molar-refractivity contribution is 0.630. The van der Waals surface area contributed by atoms with Crippen LogP contribution in [0.4, 0.5) is 10.1 Å². The quantitative estimate of drug-likeness (QED) is 0.267. The Bertz CT molecular complexity index is 820. The average Bonchev–Trinajstić information content (AvgIpc) is 3.10. The molecule has 0 spiro atoms. The predicted molar refractivity (Wildman–Crippen MR) is 99.5 cm³/mol. The minimum absolute atomic E-state index is 0.165. The molecule has 0 radical (unpaired) electrons. The maximum absolute atomic E-state index is 13.7. The van der Waals surface area contributed by atoms with E-state index in [9.17, 15) is 4.39 Å². The molecule has 0 fully saturated rings. The fourth-order valence-corrected chi connectivity index (χ4v) is 2.40. The van der Waals surface area contributed by atoms with Crippen LogP contribution < -0.4 is 11.6 Å². The Morgan fingerprint density at radius 1 is 1.32 bits per heavy atom. The number of hydrogen-bond acceptors (Lipinski definition) is 4. The van der Waals surface area contributed by atoms with Gasteiger partial charge in [-0.3, -0.25) is 10.4 Å². The third-order valence-corrected chi connectivity index (χ3v) is 3.67. The molecule has 25 heavy (non-hydrogen) atoms. The molecule has 0 aliphatic rings. The number of benzene rings is 1. The summed E-state index contributed by atoms with van der Waals surface area (Å²) in [4.78, 5) is 11.0. The Morgan fingerprint density at radius 3 is 2.72 bits per heavy atom. The summed E-state index contributed by atoms with van der Waals surface area (Å²) in [7, 11) is 0. The van der Waals surface area contributed by atoms with Gasteiger partial charge in [0.1, 0.15) is 18.0 Å². The van der Waals surface area contributed by atoms with Crippen molar-refractivity contribution in [2.75, 3.05) is 0 Å². The van der Waals surface area contributed by atoms with Crippen molar-refractivity contribution >= 4 is 29.8 Å². The van der Waals surface area contributed by atoms with E-state index in [2.05, 4.69) is 20.1 Å². The molecule has 1 atom stereocenters. The Labute approximate surface area is 144 Å². The van der Waals surface area contributed by atoms with E-state index in [-0.39, 0.29) is 17.4 Å². The van der Waals surface area contributed by atoms with Crippen LogP contribution in [0.3, 0.4) is 0 Å². The fraction of sp³-hybridized carbons (Fsp3) is 0.176. The number of aromatic nitrogens is 1. The van der Waals surface area contributed by atoms with Crippen LogP contribution >= 0.6 is 0 Å². The highest BCUT2D eigenvalue weighted by Gasteiger charge is 2.18. The lowest BCUT2D eigenvalue weighted by Crippen LogP contribution is -2.17. The smallest absolute Gasteiger partial charge is 0.148 e. The summed E-state index contributed by atoms with van der Waals surface area (Å²) in [6.45, 7) is 1.97. The normalized spacial score (nSPS) is 14.0. The Balaban J connectivity index is 2.27. The van der Waals surface area contributed by atoms with E-state index in [1.807, 2.05) is 13.0 Å². The molecule has 0 aliphatic heterocycles. The minimum Gasteiger partial charge on any atom is -0.382 e. The lowest BCUT2D eigenvalue weighted by atomic mass is 9.97. The molecule has 2 aromatic rings. The van der Waals surface area contributed by atoms with Crippen molar-refractivity contribution < 1.29 is 4.39 Å². The van der Waals surface area contributed by atoms with Crippen LogP contribution in [-0.4, -0.2) is 29.1 Å². The zero-order valence-electron chi connectivity index (χ0n) is 13.8. The Hall–Kier alpha value is -3.29. The lowest BCUT2D eigenvalue weighted by Gasteiger charge is -2.12. The zero-order chi connectivity index (χ0) is 18.2. The molecule has 8 heteroatoms. The van der Waals surface area contributed by atoms with Gasteiger partial charge >= 0.3 is 0 Å². The number of aromatic amines is 1. The number of amidine groups is 1. The molecule has 0 saturated carbocycles. The summed E-state index contributed by atoms with van der Waals surface area (Å²) in [6, 6.07) is 9.82. The molecule has 1 heterocycles. The second-order valence-electron chi connectivity index (χ2n) is 5.20. The summed E-state index contributed by atoms with van der Waals surface area (Å²) in [5, 5.41) is 10.8. The monoisotopic (exact) mass is 341 g/mol. The molecule has 1 unspecified atom stereocenters. The van der Waals surface area contributed by atoms with Crippen molar-refractivity contribution in [3.8, 4) is 0 Å². The summed E-state index contributed by atoms with van der Waals surface area (Å²) in [6.07, 6.45) is 3.03. The molecule has 7 nitrogen and oxygen atoms in total. The molecule has 6 N–H and O–H groups in total. The number of nitrogens with one attached hydrogen (secondary N) is 2. The van der Waals surface area contributed by atoms with Gasteiger partial charge in [-0.1, -0.05) is 19.1 Å². The molecular formula is C17H20FN7. The first-order chi connectivity index (χ1) is 12.1. The summed E-state index contributed by atoms with van der Waals surface area (Å²) in [5.74, 6) is 5.14. The van der Waals surface area contributed by atoms with Crippen molar-refractivity contribution in [3.63, 3.8) is 0 Å². The molecule has 0 saturated heterocycles. The standard InChI is InChI=1S/C17H20FN7/c1-2-11(13-7-8-15(24-13)17(20)23-10-19)16(25-21)9-22-14-6-4-3-5-12(14)18/h3-11,24H,2,21H2,1H3,(H3,19,20,23). The number of hydrazone groups is 1. The molecule has 0 aliphatic carbocycles. The first kappa shape index (κ1) is 18.1. The van der Waals surface area contributed by atoms with Gasteiger partial charge in [-0.25, -0.2) is 9.38 Å². The average molecular weight is 341 g/mol. The van der Waals surface area contributed by atoms with Gasteiger partial charge in [0.05, 0.1) is 23.3 Å². The second-order valence-corrected chi connectivity index (χ2v) is 5.20. The minimum atomic E-state index is -0.416. The van der Waals surface area contributed by atoms with E-state index in [1.165, 1.54) is 12.3 Å². The SMILES string of the molecule is CCC(C(C=Nc1ccccc1F)=NN)c1ccc(C(N)=NC=N)[nH]1. The molecule has 2 rings (SSSR count). The molecule has 1 aromatic carbocycles. The number of aliphatic imine (C=N–C) groups is 2. The number of nitrogens with two attached hydrogens (primary N) is 2. The largest absolute Gasteiger partial charge is 0.382 e. The highest BCUT2D eigenvalue weighted by Crippen LogP contribution is 2.22. The van der Waals surface area contributed by atoms with Crippen LogP contribution in [0, 0.1) is 11.2 Å². The highest BCUT2D eigenvalue weighted by molar-refractivity contribution is 6.33. The molecule has 0 amide bonds. The molecule has 1 aromatic heterocycles. The first-order valence-corrected chi connectivity index (χ1v) is 7.68. The van der Waals surface area contributed by atoms with Gasteiger partial charge in [-0.2, -0.15) is 5.10 Å². The van der Waals surface area contributed by atoms with E-state index in [1.54, 1.807) is 24.3 Å². The van der Waals surface area contributed by atoms with Gasteiger partial charge in [-0.05, 0) is 30.7 Å². The van der Waals surface area contributed by atoms with E-state index in [0.717, 1.165) is 12.0 Å². The summed E-state index contributed by atoms with van der Waals surface area (Å²) in [5.41, 5.74) is 7.90. The predicted octanol–water partition coefficient (Wildman–Crippen LogP) is 2.68. The van der Waals surface area contributed by atoms with Crippen molar-refractivity contribution in [1.29, 1.82) is 5.41 Å². The van der Waals surface area contributed by atoms with Gasteiger partial charge in [-0.15, -0.1) is 0 Å². The highest BCUT2D eigenvalue weighted by atomic mass is 19.1. The van der Waals surface area contributed by atoms with E-state index < -0.39 is 5.82 Å². The molecule has 0 bridgehead atoms. The van der Waals surface area contributed by atoms with Crippen molar-refractivity contribution in [2.24, 2.45) is 26.7 Å². The van der Waals surface area contributed by atoms with Crippen LogP contribution in [-0.2, 0) is 0 Å². The number of para-hydroxylation sites is 1. The second kappa shape index (κ2) is 8.53. The number of H-pyrrole nitrogens is 1. The van der Waals surface area contributed by atoms with Crippen molar-refractivity contribution in [3.05, 3.63) is 53.6 Å². The van der Waals surface area contributed by atoms with Gasteiger partial charge < -0.3 is 16.6 Å². The van der Waals surface area contributed by atoms with Crippen LogP contribution in [0.5, 0.6) is 0 Å². The topological polar surface area (TPSA) is 129 Å². The number of rotatable bonds is 7. The molecule has 130 valence electrons. The maximum atomic E-state index is 13.7. The summed E-state index contributed by atoms with van der Waals surface area (Å²) >= 11 is 0. The van der Waals surface area contributed by atoms with E-state index >= 15 is 0 Å². The summed E-state index contributed by atoms with van der Waals surface area (Å²) < 4.78 is 13.7. The third kappa shape index (κ3) is 4.37. The van der Waals surface area contributed by atoms with E-state index in [4.69, 9.17) is 17.0 Å². The number of halogens is 1. The maximum Gasteiger partial charge on any atom is 0.148 e. The Kier molecular flexibility index (Phi) is 6.16. The van der Waals surface area contributed by atoms with Crippen LogP contribution in [0.2, 0.25) is 0 Å². The van der Waals surface area contributed by atoms with Gasteiger partial charge in [0.15, 0.2) is 0 Å². The first-order valence-electron chi connectivity index (χ1n) is 7.68. The van der Waals surface area contributed by atoms with E-state index in [0.29, 0.717) is 17.8 Å².